The van der Waals surface area contributed by atoms with Gasteiger partial charge < -0.3 is 28.1 Å². The molecule has 0 unspecified atom stereocenters. The molecule has 4 heterocycles. The Morgan fingerprint density at radius 2 is 0.655 bits per heavy atom. The van der Waals surface area contributed by atoms with Gasteiger partial charge in [0.2, 0.25) is 0 Å². The molecule has 0 amide bonds. The summed E-state index contributed by atoms with van der Waals surface area (Å²) in [6, 6.07) is 21.8. The van der Waals surface area contributed by atoms with Crippen LogP contribution in [0.1, 0.15) is 259 Å². The molecule has 2 aliphatic heterocycles. The van der Waals surface area contributed by atoms with Gasteiger partial charge in [0.05, 0.1) is 35.0 Å². The van der Waals surface area contributed by atoms with Crippen LogP contribution in [-0.4, -0.2) is 22.3 Å². The molecule has 10 heteroatoms. The minimum Gasteiger partial charge on any atom is -0.491 e. The Morgan fingerprint density at radius 3 is 0.988 bits per heavy atom. The summed E-state index contributed by atoms with van der Waals surface area (Å²) in [5.41, 5.74) is 5.74. The highest BCUT2D eigenvalue weighted by molar-refractivity contribution is 6.35. The van der Waals surface area contributed by atoms with Gasteiger partial charge in [-0.2, -0.15) is 0 Å². The summed E-state index contributed by atoms with van der Waals surface area (Å²) < 4.78 is 33.2. The molecule has 8 nitrogen and oxygen atoms in total. The van der Waals surface area contributed by atoms with Gasteiger partial charge in [0, 0.05) is 47.0 Å². The van der Waals surface area contributed by atoms with Crippen molar-refractivity contribution in [3.63, 3.8) is 0 Å². The maximum atomic E-state index is 7.70. The lowest BCUT2D eigenvalue weighted by atomic mass is 10.1. The molecule has 0 spiro atoms. The van der Waals surface area contributed by atoms with E-state index in [1.165, 1.54) is 204 Å². The number of hydrogen-bond donors (Lipinski definition) is 0. The summed E-state index contributed by atoms with van der Waals surface area (Å²) in [7, 11) is 0. The summed E-state index contributed by atoms with van der Waals surface area (Å²) in [6.07, 6.45) is 45.3. The first-order valence-corrected chi connectivity index (χ1v) is 35.0. The zero-order valence-electron chi connectivity index (χ0n) is 52.2. The van der Waals surface area contributed by atoms with E-state index in [2.05, 4.69) is 97.5 Å². The minimum absolute atomic E-state index is 0.301. The first-order valence-electron chi connectivity index (χ1n) is 34.2. The molecule has 0 saturated heterocycles. The van der Waals surface area contributed by atoms with E-state index in [-0.39, 0.29) is 0 Å². The van der Waals surface area contributed by atoms with Crippen LogP contribution >= 0.6 is 23.2 Å². The average Bonchev–Trinajstić information content (AvgIpc) is 2.07. The molecule has 0 atom stereocenters. The number of nitrogens with zero attached hydrogens (tertiary/aromatic N) is 4. The Morgan fingerprint density at radius 1 is 0.357 bits per heavy atom. The van der Waals surface area contributed by atoms with Crippen molar-refractivity contribution in [3.05, 3.63) is 81.4 Å². The fourth-order valence-corrected chi connectivity index (χ4v) is 13.7. The van der Waals surface area contributed by atoms with Gasteiger partial charge in [0.1, 0.15) is 32.1 Å². The van der Waals surface area contributed by atoms with E-state index < -0.39 is 0 Å². The minimum atomic E-state index is 0.301. The van der Waals surface area contributed by atoms with Gasteiger partial charge in [-0.1, -0.05) is 293 Å². The predicted molar refractivity (Wildman–Crippen MR) is 357 cm³/mol. The molecular formula is C74H102Cl2N4O4. The van der Waals surface area contributed by atoms with Crippen LogP contribution in [0.4, 0.5) is 11.4 Å². The zero-order chi connectivity index (χ0) is 58.3. The van der Waals surface area contributed by atoms with Gasteiger partial charge in [-0.05, 0) is 37.8 Å². The van der Waals surface area contributed by atoms with Crippen molar-refractivity contribution < 1.29 is 18.9 Å². The van der Waals surface area contributed by atoms with Crippen molar-refractivity contribution >= 4 is 78.2 Å². The molecule has 9 rings (SSSR count). The second-order valence-corrected chi connectivity index (χ2v) is 25.4. The third-order valence-corrected chi connectivity index (χ3v) is 18.7. The number of rotatable bonds is 42. The third-order valence-electron chi connectivity index (χ3n) is 18.0. The number of hydrogen-bond acceptors (Lipinski definition) is 6. The summed E-state index contributed by atoms with van der Waals surface area (Å²) >= 11 is 15.4. The second-order valence-electron chi connectivity index (χ2n) is 24.7. The molecule has 0 N–H and O–H groups in total. The Bertz CT molecular complexity index is 3100. The molecule has 2 aliphatic rings. The Kier molecular flexibility index (Phi) is 25.6. The predicted octanol–water partition coefficient (Wildman–Crippen LogP) is 24.2. The van der Waals surface area contributed by atoms with Crippen molar-refractivity contribution in [2.75, 3.05) is 13.2 Å². The Balaban J connectivity index is 1.07. The molecule has 0 saturated carbocycles. The molecule has 2 aromatic heterocycles. The quantitative estimate of drug-likeness (QED) is 0.0358. The van der Waals surface area contributed by atoms with Crippen molar-refractivity contribution in [1.29, 1.82) is 0 Å². The number of para-hydroxylation sites is 2. The lowest BCUT2D eigenvalue weighted by Crippen LogP contribution is -2.22. The van der Waals surface area contributed by atoms with Crippen LogP contribution in [0.2, 0.25) is 10.0 Å². The average molecular weight is 1180 g/mol. The molecule has 456 valence electrons. The largest absolute Gasteiger partial charge is 0.491 e. The maximum Gasteiger partial charge on any atom is 0.175 e. The van der Waals surface area contributed by atoms with Gasteiger partial charge in [-0.25, -0.2) is 9.98 Å². The van der Waals surface area contributed by atoms with E-state index in [4.69, 9.17) is 52.1 Å². The van der Waals surface area contributed by atoms with Crippen LogP contribution in [0.5, 0.6) is 34.5 Å². The van der Waals surface area contributed by atoms with Gasteiger partial charge in [0.15, 0.2) is 34.5 Å². The van der Waals surface area contributed by atoms with Gasteiger partial charge >= 0.3 is 0 Å². The van der Waals surface area contributed by atoms with E-state index in [0.29, 0.717) is 79.8 Å². The number of benzene rings is 5. The molecule has 0 aliphatic carbocycles. The van der Waals surface area contributed by atoms with Crippen LogP contribution < -0.4 is 29.7 Å². The van der Waals surface area contributed by atoms with E-state index in [0.717, 1.165) is 84.2 Å². The number of aryl methyl sites for hydroxylation is 2. The Hall–Kier alpha value is -4.92. The fraction of sp³-hybridized carbons (Fsp3) is 0.595. The standard InChI is InChI=1S/C74H102Cl2N4O4/c1-5-9-13-17-21-25-27-31-35-43-51-81-61-53-59-63(55-45-37-39-47-57(55)79(59)49-41-33-29-23-19-15-11-7-3)71-67(61)77-69-65(75)74-70(66(76)73(69)83-71)78-68-62(82-52-44-36-32-28-26-22-18-14-10-6-2)54-60-64(72(68)84-74)56-46-38-40-48-58(56)80(60)50-42-34-30-24-20-16-12-8-4/h37-40,45-48,53-54H,5-36,41-44,49-52H2,1-4H3. The molecular weight excluding hydrogens is 1080 g/mol. The van der Waals surface area contributed by atoms with E-state index in [1.807, 2.05) is 0 Å². The van der Waals surface area contributed by atoms with E-state index in [9.17, 15) is 0 Å². The summed E-state index contributed by atoms with van der Waals surface area (Å²) in [4.78, 5) is 10.9. The maximum absolute atomic E-state index is 7.70. The number of halogens is 2. The van der Waals surface area contributed by atoms with E-state index in [1.54, 1.807) is 0 Å². The van der Waals surface area contributed by atoms with Crippen LogP contribution in [0.3, 0.4) is 0 Å². The molecule has 5 aromatic carbocycles. The van der Waals surface area contributed by atoms with Crippen molar-refractivity contribution in [3.8, 4) is 34.5 Å². The Labute approximate surface area is 514 Å². The van der Waals surface area contributed by atoms with Crippen molar-refractivity contribution in [2.24, 2.45) is 9.98 Å². The SMILES string of the molecule is CCCCCCCCCCCCOc1cc2c(c3c1N=c1c(Cl)c4c(c(Cl)c1O3)=Nc1c(OCCCCCCCCCCCC)cc3c(c1O4)c1ccccc1n3CCCCCCCCCC)c1ccccc1n2CCCCCCCCCC. The highest BCUT2D eigenvalue weighted by Gasteiger charge is 2.34. The summed E-state index contributed by atoms with van der Waals surface area (Å²) in [5.74, 6) is 3.38. The summed E-state index contributed by atoms with van der Waals surface area (Å²) in [6.45, 7) is 12.1. The highest BCUT2D eigenvalue weighted by atomic mass is 35.5. The van der Waals surface area contributed by atoms with E-state index >= 15 is 0 Å². The highest BCUT2D eigenvalue weighted by Crippen LogP contribution is 2.54. The molecule has 7 aromatic rings. The van der Waals surface area contributed by atoms with Crippen LogP contribution in [0, 0.1) is 0 Å². The lowest BCUT2D eigenvalue weighted by molar-refractivity contribution is 0.303. The van der Waals surface area contributed by atoms with Gasteiger partial charge in [0.25, 0.3) is 0 Å². The van der Waals surface area contributed by atoms with Crippen LogP contribution in [0.25, 0.3) is 43.6 Å². The monoisotopic (exact) mass is 1180 g/mol. The van der Waals surface area contributed by atoms with Gasteiger partial charge in [-0.3, -0.25) is 0 Å². The zero-order valence-corrected chi connectivity index (χ0v) is 53.7. The smallest absolute Gasteiger partial charge is 0.175 e. The lowest BCUT2D eigenvalue weighted by Gasteiger charge is -2.24. The van der Waals surface area contributed by atoms with Crippen molar-refractivity contribution in [1.82, 2.24) is 9.13 Å². The van der Waals surface area contributed by atoms with Crippen LogP contribution in [0.15, 0.2) is 70.6 Å². The topological polar surface area (TPSA) is 71.5 Å². The third kappa shape index (κ3) is 16.0. The number of aromatic nitrogens is 2. The molecule has 0 bridgehead atoms. The number of ether oxygens (including phenoxy) is 4. The number of unbranched alkanes of at least 4 members (excludes halogenated alkanes) is 32. The first kappa shape index (κ1) is 63.6. The molecule has 0 radical (unpaired) electrons. The van der Waals surface area contributed by atoms with Gasteiger partial charge in [-0.15, -0.1) is 0 Å². The normalized spacial score (nSPS) is 12.5. The van der Waals surface area contributed by atoms with Crippen molar-refractivity contribution in [2.45, 2.75) is 272 Å². The summed E-state index contributed by atoms with van der Waals surface area (Å²) in [5, 5.41) is 5.65. The second kappa shape index (κ2) is 33.8. The molecule has 84 heavy (non-hydrogen) atoms. The number of fused-ring (bicyclic) bond motifs is 12. The fourth-order valence-electron chi connectivity index (χ4n) is 13.2. The molecule has 0 fully saturated rings. The first-order chi connectivity index (χ1) is 41.5. The van der Waals surface area contributed by atoms with Crippen LogP contribution in [-0.2, 0) is 13.1 Å².